The smallest absolute Gasteiger partial charge is 0.147 e. The number of halogens is 3. The van der Waals surface area contributed by atoms with Crippen molar-refractivity contribution in [1.82, 2.24) is 9.97 Å². The van der Waals surface area contributed by atoms with Crippen LogP contribution in [0.5, 0.6) is 0 Å². The third-order valence-electron chi connectivity index (χ3n) is 2.44. The molecular formula is C13H11BrClFN2S. The predicted octanol–water partition coefficient (Wildman–Crippen LogP) is 4.89. The highest BCUT2D eigenvalue weighted by atomic mass is 79.9. The van der Waals surface area contributed by atoms with Crippen LogP contribution in [0.1, 0.15) is 18.4 Å². The van der Waals surface area contributed by atoms with Crippen LogP contribution in [-0.2, 0) is 12.2 Å². The highest BCUT2D eigenvalue weighted by Gasteiger charge is 2.09. The van der Waals surface area contributed by atoms with Gasteiger partial charge in [-0.15, -0.1) is 11.8 Å². The molecule has 100 valence electrons. The lowest BCUT2D eigenvalue weighted by Gasteiger charge is -2.06. The lowest BCUT2D eigenvalue weighted by atomic mass is 10.3. The summed E-state index contributed by atoms with van der Waals surface area (Å²) in [6.45, 7) is 2.01. The Kier molecular flexibility index (Phi) is 5.19. The highest BCUT2D eigenvalue weighted by molar-refractivity contribution is 9.10. The number of aryl methyl sites for hydroxylation is 1. The van der Waals surface area contributed by atoms with Gasteiger partial charge in [0, 0.05) is 4.90 Å². The van der Waals surface area contributed by atoms with E-state index < -0.39 is 0 Å². The Morgan fingerprint density at radius 1 is 1.26 bits per heavy atom. The van der Waals surface area contributed by atoms with E-state index in [4.69, 9.17) is 11.6 Å². The fourth-order valence-electron chi connectivity index (χ4n) is 1.49. The summed E-state index contributed by atoms with van der Waals surface area (Å²) >= 11 is 11.0. The van der Waals surface area contributed by atoms with Crippen molar-refractivity contribution in [3.63, 3.8) is 0 Å². The Morgan fingerprint density at radius 2 is 1.95 bits per heavy atom. The van der Waals surface area contributed by atoms with Crippen LogP contribution in [0.25, 0.3) is 0 Å². The van der Waals surface area contributed by atoms with Gasteiger partial charge in [0.25, 0.3) is 0 Å². The SMILES string of the molecule is CCc1nc(CSc2ccc(F)cc2)nc(Cl)c1Br. The molecule has 6 heteroatoms. The standard InChI is InChI=1S/C13H11BrClFN2S/c1-2-10-12(14)13(15)18-11(17-10)7-19-9-5-3-8(16)4-6-9/h3-6H,2,7H2,1H3. The molecule has 0 saturated heterocycles. The summed E-state index contributed by atoms with van der Waals surface area (Å²) in [7, 11) is 0. The van der Waals surface area contributed by atoms with Crippen molar-refractivity contribution < 1.29 is 4.39 Å². The van der Waals surface area contributed by atoms with Crippen molar-refractivity contribution >= 4 is 39.3 Å². The van der Waals surface area contributed by atoms with Crippen molar-refractivity contribution in [2.24, 2.45) is 0 Å². The molecule has 0 atom stereocenters. The maximum Gasteiger partial charge on any atom is 0.147 e. The molecule has 0 N–H and O–H groups in total. The van der Waals surface area contributed by atoms with E-state index in [-0.39, 0.29) is 5.82 Å². The zero-order chi connectivity index (χ0) is 13.8. The van der Waals surface area contributed by atoms with Gasteiger partial charge in [-0.25, -0.2) is 14.4 Å². The second-order valence-corrected chi connectivity index (χ2v) is 5.99. The molecule has 0 aliphatic carbocycles. The number of rotatable bonds is 4. The maximum absolute atomic E-state index is 12.8. The molecule has 19 heavy (non-hydrogen) atoms. The first kappa shape index (κ1) is 14.8. The van der Waals surface area contributed by atoms with Gasteiger partial charge in [-0.3, -0.25) is 0 Å². The number of thioether (sulfide) groups is 1. The minimum absolute atomic E-state index is 0.236. The van der Waals surface area contributed by atoms with Crippen molar-refractivity contribution in [3.05, 3.63) is 51.2 Å². The number of hydrogen-bond acceptors (Lipinski definition) is 3. The minimum Gasteiger partial charge on any atom is -0.236 e. The number of hydrogen-bond donors (Lipinski definition) is 0. The van der Waals surface area contributed by atoms with E-state index in [0.29, 0.717) is 16.7 Å². The van der Waals surface area contributed by atoms with Crippen LogP contribution in [0.4, 0.5) is 4.39 Å². The van der Waals surface area contributed by atoms with E-state index in [0.717, 1.165) is 21.5 Å². The third-order valence-corrected chi connectivity index (χ3v) is 4.79. The average molecular weight is 362 g/mol. The van der Waals surface area contributed by atoms with Gasteiger partial charge in [0.2, 0.25) is 0 Å². The molecule has 0 amide bonds. The normalized spacial score (nSPS) is 10.7. The molecule has 0 aliphatic heterocycles. The quantitative estimate of drug-likeness (QED) is 0.573. The molecule has 0 radical (unpaired) electrons. The molecule has 0 bridgehead atoms. The van der Waals surface area contributed by atoms with Crippen LogP contribution in [0.3, 0.4) is 0 Å². The third kappa shape index (κ3) is 3.91. The second-order valence-electron chi connectivity index (χ2n) is 3.79. The Labute approximate surface area is 128 Å². The van der Waals surface area contributed by atoms with Crippen LogP contribution in [-0.4, -0.2) is 9.97 Å². The van der Waals surface area contributed by atoms with Gasteiger partial charge in [-0.1, -0.05) is 18.5 Å². The molecule has 2 nitrogen and oxygen atoms in total. The van der Waals surface area contributed by atoms with E-state index in [1.807, 2.05) is 6.92 Å². The summed E-state index contributed by atoms with van der Waals surface area (Å²) in [5.74, 6) is 1.05. The van der Waals surface area contributed by atoms with Crippen LogP contribution in [0.2, 0.25) is 5.15 Å². The van der Waals surface area contributed by atoms with E-state index >= 15 is 0 Å². The molecule has 2 aromatic rings. The van der Waals surface area contributed by atoms with Gasteiger partial charge in [0.05, 0.1) is 15.9 Å². The molecule has 2 rings (SSSR count). The first-order valence-electron chi connectivity index (χ1n) is 5.69. The van der Waals surface area contributed by atoms with Crippen LogP contribution in [0, 0.1) is 5.82 Å². The zero-order valence-corrected chi connectivity index (χ0v) is 13.3. The first-order chi connectivity index (χ1) is 9.10. The van der Waals surface area contributed by atoms with Gasteiger partial charge in [-0.2, -0.15) is 0 Å². The topological polar surface area (TPSA) is 25.8 Å². The fraction of sp³-hybridized carbons (Fsp3) is 0.231. The van der Waals surface area contributed by atoms with Crippen molar-refractivity contribution in [3.8, 4) is 0 Å². The van der Waals surface area contributed by atoms with Gasteiger partial charge in [0.15, 0.2) is 0 Å². The number of aromatic nitrogens is 2. The largest absolute Gasteiger partial charge is 0.236 e. The van der Waals surface area contributed by atoms with Gasteiger partial charge >= 0.3 is 0 Å². The van der Waals surface area contributed by atoms with Gasteiger partial charge in [-0.05, 0) is 46.6 Å². The van der Waals surface area contributed by atoms with Gasteiger partial charge < -0.3 is 0 Å². The van der Waals surface area contributed by atoms with Gasteiger partial charge in [0.1, 0.15) is 16.8 Å². The van der Waals surface area contributed by atoms with Crippen molar-refractivity contribution in [1.29, 1.82) is 0 Å². The van der Waals surface area contributed by atoms with Crippen LogP contribution in [0.15, 0.2) is 33.6 Å². The van der Waals surface area contributed by atoms with E-state index in [9.17, 15) is 4.39 Å². The Hall–Kier alpha value is -0.650. The molecule has 1 heterocycles. The summed E-state index contributed by atoms with van der Waals surface area (Å²) in [5.41, 5.74) is 0.898. The summed E-state index contributed by atoms with van der Waals surface area (Å²) in [6, 6.07) is 6.35. The molecule has 0 spiro atoms. The Morgan fingerprint density at radius 3 is 2.58 bits per heavy atom. The molecule has 1 aromatic heterocycles. The van der Waals surface area contributed by atoms with Crippen molar-refractivity contribution in [2.75, 3.05) is 0 Å². The molecule has 0 fully saturated rings. The fourth-order valence-corrected chi connectivity index (χ4v) is 2.91. The summed E-state index contributed by atoms with van der Waals surface area (Å²) in [6.07, 6.45) is 0.789. The first-order valence-corrected chi connectivity index (χ1v) is 7.85. The van der Waals surface area contributed by atoms with Crippen molar-refractivity contribution in [2.45, 2.75) is 24.0 Å². The maximum atomic E-state index is 12.8. The monoisotopic (exact) mass is 360 g/mol. The average Bonchev–Trinajstić information content (AvgIpc) is 2.41. The number of benzene rings is 1. The Balaban J connectivity index is 2.11. The molecule has 1 aromatic carbocycles. The predicted molar refractivity (Wildman–Crippen MR) is 80.1 cm³/mol. The van der Waals surface area contributed by atoms with E-state index in [1.165, 1.54) is 12.1 Å². The molecule has 0 aliphatic rings. The second kappa shape index (κ2) is 6.68. The lowest BCUT2D eigenvalue weighted by Crippen LogP contribution is -1.99. The summed E-state index contributed by atoms with van der Waals surface area (Å²) < 4.78 is 13.5. The Bertz CT molecular complexity index is 578. The van der Waals surface area contributed by atoms with Crippen LogP contribution >= 0.6 is 39.3 Å². The van der Waals surface area contributed by atoms with E-state index in [2.05, 4.69) is 25.9 Å². The minimum atomic E-state index is -0.236. The highest BCUT2D eigenvalue weighted by Crippen LogP contribution is 2.27. The number of nitrogens with zero attached hydrogens (tertiary/aromatic N) is 2. The molecule has 0 unspecified atom stereocenters. The summed E-state index contributed by atoms with van der Waals surface area (Å²) in [4.78, 5) is 9.65. The van der Waals surface area contributed by atoms with E-state index in [1.54, 1.807) is 23.9 Å². The summed E-state index contributed by atoms with van der Waals surface area (Å²) in [5, 5.41) is 0.432. The van der Waals surface area contributed by atoms with Crippen LogP contribution < -0.4 is 0 Å². The molecular weight excluding hydrogens is 351 g/mol. The zero-order valence-electron chi connectivity index (χ0n) is 10.2. The lowest BCUT2D eigenvalue weighted by molar-refractivity contribution is 0.626. The molecule has 0 saturated carbocycles.